The van der Waals surface area contributed by atoms with Gasteiger partial charge in [-0.3, -0.25) is 9.48 Å². The molecule has 17 heteroatoms. The number of alkyl halides is 3. The number of thiophene rings is 1. The molecule has 0 saturated heterocycles. The number of amides is 1. The van der Waals surface area contributed by atoms with Gasteiger partial charge in [-0.1, -0.05) is 13.2 Å². The fourth-order valence-electron chi connectivity index (χ4n) is 4.18. The molecular formula is C26H23F5N4O6S2. The number of aromatic nitrogens is 3. The minimum Gasteiger partial charge on any atom is -0.491 e. The van der Waals surface area contributed by atoms with Crippen LogP contribution in [0.15, 0.2) is 60.7 Å². The van der Waals surface area contributed by atoms with Crippen molar-refractivity contribution in [3.63, 3.8) is 0 Å². The van der Waals surface area contributed by atoms with E-state index in [-0.39, 0.29) is 77.9 Å². The standard InChI is InChI=1S/C26H23F5N4O6S2/c1-4-20(36)34-8-9-35-16(14-34)13-19(33-35)23-22(21(18(28)5-7-27)15(2)40-11-10-39-3)24-17(6-12-42-24)25(32-23)41-43(37,38)26(29,30)31/h4-7,12-13H,1-2,8-11,14H2,3H3/b7-5+,21-18?. The maximum Gasteiger partial charge on any atom is 0.534 e. The van der Waals surface area contributed by atoms with Crippen molar-refractivity contribution in [2.75, 3.05) is 26.9 Å². The van der Waals surface area contributed by atoms with Crippen LogP contribution in [0.5, 0.6) is 5.88 Å². The van der Waals surface area contributed by atoms with Crippen LogP contribution in [0.2, 0.25) is 0 Å². The van der Waals surface area contributed by atoms with Gasteiger partial charge in [-0.15, -0.1) is 11.3 Å². The number of rotatable bonds is 11. The Labute approximate surface area is 246 Å². The summed E-state index contributed by atoms with van der Waals surface area (Å²) in [5, 5.41) is 5.61. The van der Waals surface area contributed by atoms with Crippen LogP contribution in [-0.4, -0.2) is 66.4 Å². The first kappa shape index (κ1) is 31.8. The maximum absolute atomic E-state index is 15.6. The van der Waals surface area contributed by atoms with E-state index >= 15 is 4.39 Å². The highest BCUT2D eigenvalue weighted by molar-refractivity contribution is 7.88. The van der Waals surface area contributed by atoms with Gasteiger partial charge in [0.1, 0.15) is 29.6 Å². The van der Waals surface area contributed by atoms with Crippen LogP contribution < -0.4 is 4.18 Å². The zero-order valence-electron chi connectivity index (χ0n) is 22.4. The number of methoxy groups -OCH3 is 1. The van der Waals surface area contributed by atoms with Crippen LogP contribution in [0, 0.1) is 0 Å². The van der Waals surface area contributed by atoms with Crippen LogP contribution in [-0.2, 0) is 37.5 Å². The quantitative estimate of drug-likeness (QED) is 0.0528. The van der Waals surface area contributed by atoms with Gasteiger partial charge >= 0.3 is 15.6 Å². The highest BCUT2D eigenvalue weighted by Crippen LogP contribution is 2.45. The Balaban J connectivity index is 2.01. The van der Waals surface area contributed by atoms with Crippen molar-refractivity contribution in [2.24, 2.45) is 0 Å². The lowest BCUT2D eigenvalue weighted by atomic mass is 9.98. The fraction of sp³-hybridized carbons (Fsp3) is 0.269. The average Bonchev–Trinajstić information content (AvgIpc) is 3.60. The van der Waals surface area contributed by atoms with E-state index in [0.717, 1.165) is 17.4 Å². The summed E-state index contributed by atoms with van der Waals surface area (Å²) in [6.07, 6.45) is 1.53. The third kappa shape index (κ3) is 6.47. The van der Waals surface area contributed by atoms with Gasteiger partial charge < -0.3 is 18.6 Å². The Bertz CT molecular complexity index is 1740. The van der Waals surface area contributed by atoms with Crippen LogP contribution in [0.3, 0.4) is 0 Å². The summed E-state index contributed by atoms with van der Waals surface area (Å²) in [5.74, 6) is -2.80. The number of pyridine rings is 1. The second-order valence-corrected chi connectivity index (χ2v) is 11.2. The molecule has 1 aliphatic heterocycles. The van der Waals surface area contributed by atoms with Crippen molar-refractivity contribution in [3.05, 3.63) is 72.0 Å². The molecule has 0 fully saturated rings. The summed E-state index contributed by atoms with van der Waals surface area (Å²) in [7, 11) is -4.78. The first-order chi connectivity index (χ1) is 20.3. The van der Waals surface area contributed by atoms with E-state index in [1.807, 2.05) is 0 Å². The predicted molar refractivity (Wildman–Crippen MR) is 147 cm³/mol. The number of fused-ring (bicyclic) bond motifs is 2. The lowest BCUT2D eigenvalue weighted by molar-refractivity contribution is -0.127. The lowest BCUT2D eigenvalue weighted by Crippen LogP contribution is -2.37. The molecule has 43 heavy (non-hydrogen) atoms. The Morgan fingerprint density at radius 1 is 1.26 bits per heavy atom. The summed E-state index contributed by atoms with van der Waals surface area (Å²) in [5.41, 5.74) is -6.22. The van der Waals surface area contributed by atoms with Crippen molar-refractivity contribution in [1.82, 2.24) is 19.7 Å². The topological polar surface area (TPSA) is 113 Å². The third-order valence-corrected chi connectivity index (χ3v) is 7.99. The molecule has 1 aliphatic rings. The molecule has 230 valence electrons. The van der Waals surface area contributed by atoms with Gasteiger partial charge in [0.2, 0.25) is 11.8 Å². The second kappa shape index (κ2) is 12.6. The molecular weight excluding hydrogens is 623 g/mol. The molecule has 3 aromatic heterocycles. The molecule has 0 saturated carbocycles. The van der Waals surface area contributed by atoms with Crippen molar-refractivity contribution in [2.45, 2.75) is 18.6 Å². The Morgan fingerprint density at radius 3 is 2.65 bits per heavy atom. The number of ether oxygens (including phenoxy) is 2. The molecule has 0 aromatic carbocycles. The van der Waals surface area contributed by atoms with Crippen molar-refractivity contribution < 1.29 is 48.8 Å². The average molecular weight is 647 g/mol. The molecule has 0 radical (unpaired) electrons. The SMILES string of the molecule is C=CC(=O)N1CCn2nc(-c3nc(OS(=O)(=O)C(F)(F)F)c4ccsc4c3C(C(=C)OCCOC)=C(F)/C=C/F)cc2C1. The minimum atomic E-state index is -6.17. The zero-order chi connectivity index (χ0) is 31.5. The van der Waals surface area contributed by atoms with Gasteiger partial charge in [-0.25, -0.2) is 13.8 Å². The second-order valence-electron chi connectivity index (χ2n) is 8.78. The summed E-state index contributed by atoms with van der Waals surface area (Å²) in [6.45, 7) is 7.73. The van der Waals surface area contributed by atoms with Crippen LogP contribution >= 0.6 is 11.3 Å². The normalized spacial score (nSPS) is 14.5. The molecule has 0 N–H and O–H groups in total. The third-order valence-electron chi connectivity index (χ3n) is 6.11. The van der Waals surface area contributed by atoms with Crippen molar-refractivity contribution >= 4 is 43.0 Å². The predicted octanol–water partition coefficient (Wildman–Crippen LogP) is 5.26. The molecule has 0 unspecified atom stereocenters. The van der Waals surface area contributed by atoms with Crippen LogP contribution in [0.25, 0.3) is 27.0 Å². The largest absolute Gasteiger partial charge is 0.534 e. The summed E-state index contributed by atoms with van der Waals surface area (Å²) in [4.78, 5) is 17.7. The zero-order valence-corrected chi connectivity index (χ0v) is 24.0. The first-order valence-electron chi connectivity index (χ1n) is 12.2. The highest BCUT2D eigenvalue weighted by atomic mass is 32.2. The van der Waals surface area contributed by atoms with Crippen molar-refractivity contribution in [3.8, 4) is 17.3 Å². The smallest absolute Gasteiger partial charge is 0.491 e. The molecule has 1 amide bonds. The molecule has 0 spiro atoms. The number of carbonyl (C=O) groups excluding carboxylic acids is 1. The minimum absolute atomic E-state index is 0.0145. The monoisotopic (exact) mass is 646 g/mol. The van der Waals surface area contributed by atoms with Gasteiger partial charge in [0.05, 0.1) is 47.4 Å². The summed E-state index contributed by atoms with van der Waals surface area (Å²) >= 11 is 0.887. The molecule has 4 rings (SSSR count). The molecule has 4 heterocycles. The van der Waals surface area contributed by atoms with E-state index in [4.69, 9.17) is 9.47 Å². The fourth-order valence-corrected chi connectivity index (χ4v) is 5.55. The molecule has 0 aliphatic carbocycles. The Morgan fingerprint density at radius 2 is 2.00 bits per heavy atom. The summed E-state index contributed by atoms with van der Waals surface area (Å²) < 4.78 is 109. The number of hydrogen-bond donors (Lipinski definition) is 0. The van der Waals surface area contributed by atoms with Gasteiger partial charge in [-0.2, -0.15) is 26.7 Å². The van der Waals surface area contributed by atoms with Gasteiger partial charge in [0.15, 0.2) is 0 Å². The van der Waals surface area contributed by atoms with Gasteiger partial charge in [-0.05, 0) is 23.6 Å². The van der Waals surface area contributed by atoms with E-state index in [1.165, 1.54) is 34.2 Å². The number of allylic oxidation sites excluding steroid dienone is 3. The molecule has 0 bridgehead atoms. The van der Waals surface area contributed by atoms with E-state index in [0.29, 0.717) is 11.8 Å². The van der Waals surface area contributed by atoms with Crippen molar-refractivity contribution in [1.29, 1.82) is 0 Å². The van der Waals surface area contributed by atoms with E-state index in [9.17, 15) is 30.8 Å². The number of carbonyl (C=O) groups is 1. The number of hydrogen-bond acceptors (Lipinski definition) is 9. The number of nitrogens with zero attached hydrogens (tertiary/aromatic N) is 4. The highest BCUT2D eigenvalue weighted by Gasteiger charge is 2.49. The van der Waals surface area contributed by atoms with E-state index in [1.54, 1.807) is 0 Å². The maximum atomic E-state index is 15.6. The van der Waals surface area contributed by atoms with Gasteiger partial charge in [0.25, 0.3) is 0 Å². The first-order valence-corrected chi connectivity index (χ1v) is 14.5. The van der Waals surface area contributed by atoms with E-state index in [2.05, 4.69) is 27.4 Å². The summed E-state index contributed by atoms with van der Waals surface area (Å²) in [6, 6.07) is 2.68. The van der Waals surface area contributed by atoms with Crippen LogP contribution in [0.4, 0.5) is 22.0 Å². The van der Waals surface area contributed by atoms with Crippen LogP contribution in [0.1, 0.15) is 11.3 Å². The van der Waals surface area contributed by atoms with E-state index < -0.39 is 32.9 Å². The molecule has 0 atom stereocenters. The number of halogens is 5. The van der Waals surface area contributed by atoms with Gasteiger partial charge in [0, 0.05) is 25.3 Å². The molecule has 3 aromatic rings. The lowest BCUT2D eigenvalue weighted by Gasteiger charge is -2.26. The molecule has 10 nitrogen and oxygen atoms in total. The Hall–Kier alpha value is -4.09. The Kier molecular flexibility index (Phi) is 9.36.